The van der Waals surface area contributed by atoms with Gasteiger partial charge in [0, 0.05) is 17.6 Å². The summed E-state index contributed by atoms with van der Waals surface area (Å²) in [6.45, 7) is 1.49. The molecule has 0 radical (unpaired) electrons. The van der Waals surface area contributed by atoms with E-state index in [1.807, 2.05) is 13.0 Å². The Labute approximate surface area is 223 Å². The van der Waals surface area contributed by atoms with E-state index in [-0.39, 0.29) is 28.6 Å². The molecule has 0 aliphatic heterocycles. The summed E-state index contributed by atoms with van der Waals surface area (Å²) in [4.78, 5) is 30.0. The standard InChI is InChI=1S/C26H19ClF5N5O2/c1-12-14-4-7-20(15(14)3-5-17(12)27)36-25(39)22-9-21(35-23-19(29)11-34-37(22)23)24(38)33-10-13-2-6-18(28)16(8-13)26(30,31)32/h2-3,5-6,8-9,11,20H,4,7,10H2,1H3,(H,33,38)(H,36,39)/t20-/m0/s1. The summed E-state index contributed by atoms with van der Waals surface area (Å²) in [6.07, 6.45) is -2.77. The van der Waals surface area contributed by atoms with Crippen molar-refractivity contribution in [2.24, 2.45) is 0 Å². The summed E-state index contributed by atoms with van der Waals surface area (Å²) < 4.78 is 67.9. The zero-order valence-corrected chi connectivity index (χ0v) is 20.9. The van der Waals surface area contributed by atoms with Crippen LogP contribution in [0, 0.1) is 18.6 Å². The minimum absolute atomic E-state index is 0.0260. The summed E-state index contributed by atoms with van der Waals surface area (Å²) >= 11 is 6.21. The molecule has 0 unspecified atom stereocenters. The van der Waals surface area contributed by atoms with E-state index in [4.69, 9.17) is 11.6 Å². The fourth-order valence-electron chi connectivity index (χ4n) is 4.62. The van der Waals surface area contributed by atoms with Crippen molar-refractivity contribution in [3.8, 4) is 0 Å². The lowest BCUT2D eigenvalue weighted by molar-refractivity contribution is -0.140. The Morgan fingerprint density at radius 3 is 2.62 bits per heavy atom. The molecule has 5 rings (SSSR count). The highest BCUT2D eigenvalue weighted by Crippen LogP contribution is 2.36. The van der Waals surface area contributed by atoms with Gasteiger partial charge in [-0.2, -0.15) is 18.3 Å². The van der Waals surface area contributed by atoms with Crippen LogP contribution in [0.15, 0.2) is 42.6 Å². The Kier molecular flexibility index (Phi) is 6.75. The van der Waals surface area contributed by atoms with Crippen LogP contribution in [0.3, 0.4) is 0 Å². The van der Waals surface area contributed by atoms with Gasteiger partial charge in [-0.15, -0.1) is 0 Å². The van der Waals surface area contributed by atoms with Crippen LogP contribution in [0.25, 0.3) is 5.65 Å². The van der Waals surface area contributed by atoms with Gasteiger partial charge >= 0.3 is 6.18 Å². The number of carbonyl (C=O) groups excluding carboxylic acids is 2. The van der Waals surface area contributed by atoms with Crippen molar-refractivity contribution in [2.75, 3.05) is 0 Å². The number of benzene rings is 2. The molecule has 2 aromatic heterocycles. The molecule has 202 valence electrons. The predicted molar refractivity (Wildman–Crippen MR) is 130 cm³/mol. The number of fused-ring (bicyclic) bond motifs is 2. The summed E-state index contributed by atoms with van der Waals surface area (Å²) in [5.41, 5.74) is 0.443. The van der Waals surface area contributed by atoms with E-state index in [2.05, 4.69) is 20.7 Å². The molecule has 2 heterocycles. The fourth-order valence-corrected chi connectivity index (χ4v) is 4.80. The van der Waals surface area contributed by atoms with Crippen LogP contribution >= 0.6 is 11.6 Å². The molecule has 1 atom stereocenters. The monoisotopic (exact) mass is 563 g/mol. The first kappa shape index (κ1) is 26.5. The van der Waals surface area contributed by atoms with Crippen molar-refractivity contribution in [3.63, 3.8) is 0 Å². The van der Waals surface area contributed by atoms with Crippen molar-refractivity contribution in [2.45, 2.75) is 38.5 Å². The van der Waals surface area contributed by atoms with Gasteiger partial charge in [0.2, 0.25) is 0 Å². The van der Waals surface area contributed by atoms with Crippen LogP contribution < -0.4 is 10.6 Å². The second kappa shape index (κ2) is 9.92. The molecule has 0 saturated carbocycles. The first-order valence-corrected chi connectivity index (χ1v) is 12.1. The topological polar surface area (TPSA) is 88.4 Å². The molecule has 39 heavy (non-hydrogen) atoms. The minimum atomic E-state index is -4.91. The molecule has 2 amide bonds. The molecule has 0 saturated heterocycles. The maximum absolute atomic E-state index is 14.4. The van der Waals surface area contributed by atoms with E-state index in [9.17, 15) is 31.5 Å². The Hall–Kier alpha value is -4.06. The van der Waals surface area contributed by atoms with Crippen molar-refractivity contribution < 1.29 is 31.5 Å². The fraction of sp³-hybridized carbons (Fsp3) is 0.231. The third-order valence-corrected chi connectivity index (χ3v) is 7.03. The normalized spacial score (nSPS) is 14.9. The highest BCUT2D eigenvalue weighted by Gasteiger charge is 2.34. The van der Waals surface area contributed by atoms with Crippen LogP contribution in [-0.4, -0.2) is 26.4 Å². The van der Waals surface area contributed by atoms with Gasteiger partial charge in [0.25, 0.3) is 11.8 Å². The van der Waals surface area contributed by atoms with E-state index in [1.54, 1.807) is 6.07 Å². The molecular weight excluding hydrogens is 545 g/mol. The average Bonchev–Trinajstić information content (AvgIpc) is 3.47. The average molecular weight is 564 g/mol. The number of alkyl halides is 3. The van der Waals surface area contributed by atoms with Crippen molar-refractivity contribution >= 4 is 29.1 Å². The van der Waals surface area contributed by atoms with Gasteiger partial charge in [-0.05, 0) is 60.2 Å². The number of amides is 2. The Morgan fingerprint density at radius 1 is 1.10 bits per heavy atom. The number of nitrogens with one attached hydrogen (secondary N) is 2. The van der Waals surface area contributed by atoms with Gasteiger partial charge in [0.1, 0.15) is 17.2 Å². The SMILES string of the molecule is Cc1c(Cl)ccc2c1CC[C@@H]2NC(=O)c1cc(C(=O)NCc2ccc(F)c(C(F)(F)F)c2)nc2c(F)cnn12. The molecule has 0 spiro atoms. The molecular formula is C26H19ClF5N5O2. The second-order valence-electron chi connectivity index (χ2n) is 9.05. The van der Waals surface area contributed by atoms with Crippen molar-refractivity contribution in [3.05, 3.63) is 98.5 Å². The zero-order valence-electron chi connectivity index (χ0n) is 20.2. The Morgan fingerprint density at radius 2 is 1.87 bits per heavy atom. The third-order valence-electron chi connectivity index (χ3n) is 6.62. The van der Waals surface area contributed by atoms with Gasteiger partial charge in [0.05, 0.1) is 17.8 Å². The maximum Gasteiger partial charge on any atom is 0.419 e. The van der Waals surface area contributed by atoms with E-state index >= 15 is 0 Å². The highest BCUT2D eigenvalue weighted by atomic mass is 35.5. The number of carbonyl (C=O) groups is 2. The molecule has 2 aromatic carbocycles. The number of rotatable bonds is 5. The predicted octanol–water partition coefficient (Wildman–Crippen LogP) is 5.34. The van der Waals surface area contributed by atoms with E-state index < -0.39 is 41.7 Å². The number of hydrogen-bond donors (Lipinski definition) is 2. The number of aromatic nitrogens is 3. The molecule has 1 aliphatic carbocycles. The number of hydrogen-bond acceptors (Lipinski definition) is 4. The first-order chi connectivity index (χ1) is 18.4. The van der Waals surface area contributed by atoms with E-state index in [1.165, 1.54) is 0 Å². The smallest absolute Gasteiger partial charge is 0.347 e. The van der Waals surface area contributed by atoms with Crippen LogP contribution in [0.5, 0.6) is 0 Å². The number of nitrogens with zero attached hydrogens (tertiary/aromatic N) is 3. The lowest BCUT2D eigenvalue weighted by Crippen LogP contribution is -2.30. The van der Waals surface area contributed by atoms with Gasteiger partial charge in [-0.25, -0.2) is 18.3 Å². The molecule has 13 heteroatoms. The van der Waals surface area contributed by atoms with Crippen LogP contribution in [-0.2, 0) is 19.1 Å². The van der Waals surface area contributed by atoms with Crippen LogP contribution in [0.2, 0.25) is 5.02 Å². The van der Waals surface area contributed by atoms with E-state index in [0.717, 1.165) is 39.5 Å². The largest absolute Gasteiger partial charge is 0.419 e. The molecule has 2 N–H and O–H groups in total. The first-order valence-electron chi connectivity index (χ1n) is 11.7. The van der Waals surface area contributed by atoms with Gasteiger partial charge in [-0.1, -0.05) is 23.7 Å². The quantitative estimate of drug-likeness (QED) is 0.321. The van der Waals surface area contributed by atoms with Crippen LogP contribution in [0.4, 0.5) is 22.0 Å². The van der Waals surface area contributed by atoms with Gasteiger partial charge in [0.15, 0.2) is 11.5 Å². The number of halogens is 6. The Balaban J connectivity index is 1.40. The Bertz CT molecular complexity index is 1640. The van der Waals surface area contributed by atoms with Crippen molar-refractivity contribution in [1.82, 2.24) is 25.2 Å². The van der Waals surface area contributed by atoms with Crippen LogP contribution in [0.1, 0.15) is 61.3 Å². The third kappa shape index (κ3) is 5.03. The highest BCUT2D eigenvalue weighted by molar-refractivity contribution is 6.31. The summed E-state index contributed by atoms with van der Waals surface area (Å²) in [6, 6.07) is 6.65. The van der Waals surface area contributed by atoms with Gasteiger partial charge < -0.3 is 10.6 Å². The zero-order chi connectivity index (χ0) is 28.1. The molecule has 7 nitrogen and oxygen atoms in total. The lowest BCUT2D eigenvalue weighted by Gasteiger charge is -2.16. The van der Waals surface area contributed by atoms with E-state index in [0.29, 0.717) is 30.0 Å². The van der Waals surface area contributed by atoms with Gasteiger partial charge in [-0.3, -0.25) is 9.59 Å². The maximum atomic E-state index is 14.4. The summed E-state index contributed by atoms with van der Waals surface area (Å²) in [7, 11) is 0. The molecule has 4 aromatic rings. The molecule has 1 aliphatic rings. The second-order valence-corrected chi connectivity index (χ2v) is 9.46. The summed E-state index contributed by atoms with van der Waals surface area (Å²) in [5, 5.41) is 9.71. The minimum Gasteiger partial charge on any atom is -0.347 e. The van der Waals surface area contributed by atoms with Crippen molar-refractivity contribution in [1.29, 1.82) is 0 Å². The summed E-state index contributed by atoms with van der Waals surface area (Å²) in [5.74, 6) is -3.86. The lowest BCUT2D eigenvalue weighted by atomic mass is 10.0. The molecule has 0 fully saturated rings. The molecule has 0 bridgehead atoms.